The highest BCUT2D eigenvalue weighted by Crippen LogP contribution is 2.31. The third-order valence-electron chi connectivity index (χ3n) is 4.13. The van der Waals surface area contributed by atoms with Crippen LogP contribution in [0.2, 0.25) is 0 Å². The summed E-state index contributed by atoms with van der Waals surface area (Å²) < 4.78 is 19.4. The fourth-order valence-electron chi connectivity index (χ4n) is 2.61. The minimum atomic E-state index is -0.551. The Morgan fingerprint density at radius 3 is 2.96 bits per heavy atom. The van der Waals surface area contributed by atoms with E-state index in [2.05, 4.69) is 32.8 Å². The second-order valence-corrected chi connectivity index (χ2v) is 6.15. The topological polar surface area (TPSA) is 96.3 Å². The fraction of sp³-hybridized carbons (Fsp3) is 0.278. The first-order valence-electron chi connectivity index (χ1n) is 8.19. The van der Waals surface area contributed by atoms with Crippen LogP contribution in [0.5, 0.6) is 0 Å². The second-order valence-electron chi connectivity index (χ2n) is 6.15. The summed E-state index contributed by atoms with van der Waals surface area (Å²) in [6.07, 6.45) is 4.76. The number of oxazole rings is 1. The Morgan fingerprint density at radius 1 is 1.38 bits per heavy atom. The van der Waals surface area contributed by atoms with Crippen LogP contribution in [0.15, 0.2) is 29.0 Å². The predicted molar refractivity (Wildman–Crippen MR) is 89.5 cm³/mol. The van der Waals surface area contributed by atoms with Crippen molar-refractivity contribution in [2.45, 2.75) is 25.4 Å². The van der Waals surface area contributed by atoms with Crippen molar-refractivity contribution in [1.82, 2.24) is 15.6 Å². The third kappa shape index (κ3) is 3.37. The van der Waals surface area contributed by atoms with Gasteiger partial charge in [0.25, 0.3) is 5.89 Å². The van der Waals surface area contributed by atoms with E-state index in [1.54, 1.807) is 0 Å². The van der Waals surface area contributed by atoms with Crippen LogP contribution >= 0.6 is 0 Å². The normalized spacial score (nSPS) is 18.0. The molecule has 0 bridgehead atoms. The third-order valence-corrected chi connectivity index (χ3v) is 4.13. The van der Waals surface area contributed by atoms with E-state index in [9.17, 15) is 14.0 Å². The van der Waals surface area contributed by atoms with Gasteiger partial charge in [0.05, 0.1) is 6.20 Å². The number of urea groups is 1. The molecule has 1 atom stereocenters. The first-order chi connectivity index (χ1) is 12.6. The minimum absolute atomic E-state index is 0.0674. The number of benzene rings is 1. The van der Waals surface area contributed by atoms with Crippen LogP contribution in [-0.4, -0.2) is 16.9 Å². The molecule has 3 N–H and O–H groups in total. The number of nitrogens with zero attached hydrogens (tertiary/aromatic N) is 1. The average Bonchev–Trinajstić information content (AvgIpc) is 3.28. The highest BCUT2D eigenvalue weighted by atomic mass is 19.1. The van der Waals surface area contributed by atoms with Crippen LogP contribution in [0.1, 0.15) is 40.7 Å². The predicted octanol–water partition coefficient (Wildman–Crippen LogP) is 2.33. The molecular formula is C18H15FN4O3. The van der Waals surface area contributed by atoms with Gasteiger partial charge in [0.2, 0.25) is 0 Å². The Bertz CT molecular complexity index is 926. The van der Waals surface area contributed by atoms with Crippen LogP contribution in [0.3, 0.4) is 0 Å². The van der Waals surface area contributed by atoms with Crippen LogP contribution in [-0.2, 0) is 6.54 Å². The van der Waals surface area contributed by atoms with Gasteiger partial charge in [-0.05, 0) is 25.0 Å². The van der Waals surface area contributed by atoms with Crippen molar-refractivity contribution in [2.75, 3.05) is 5.32 Å². The smallest absolute Gasteiger partial charge is 0.320 e. The number of aromatic nitrogens is 1. The standard InChI is InChI=1S/C18H15FN4O3/c19-13-8-12-14(4-3-10-1-2-10)22-18(25)23-15(12)7-11(13)9-21-16(24)17-20-5-6-26-17/h5-8,10,14H,1-2,9H2,(H,21,24)(H2,22,23,25). The number of hydrogen-bond donors (Lipinski definition) is 3. The Kier molecular flexibility index (Phi) is 4.05. The summed E-state index contributed by atoms with van der Waals surface area (Å²) in [5.74, 6) is 5.33. The lowest BCUT2D eigenvalue weighted by molar-refractivity contribution is 0.0916. The van der Waals surface area contributed by atoms with Crippen LogP contribution < -0.4 is 16.0 Å². The number of rotatable bonds is 3. The molecule has 2 heterocycles. The molecule has 3 amide bonds. The summed E-state index contributed by atoms with van der Waals surface area (Å²) in [6.45, 7) is -0.0674. The van der Waals surface area contributed by atoms with Crippen molar-refractivity contribution in [1.29, 1.82) is 0 Å². The number of carbonyl (C=O) groups is 2. The molecule has 1 aromatic carbocycles. The van der Waals surface area contributed by atoms with E-state index >= 15 is 0 Å². The molecule has 0 spiro atoms. The van der Waals surface area contributed by atoms with Crippen molar-refractivity contribution in [3.63, 3.8) is 0 Å². The van der Waals surface area contributed by atoms with Crippen LogP contribution in [0.25, 0.3) is 0 Å². The number of carbonyl (C=O) groups excluding carboxylic acids is 2. The minimum Gasteiger partial charge on any atom is -0.441 e. The molecule has 8 heteroatoms. The van der Waals surface area contributed by atoms with Crippen LogP contribution in [0.4, 0.5) is 14.9 Å². The first-order valence-corrected chi connectivity index (χ1v) is 8.19. The Labute approximate surface area is 148 Å². The molecule has 26 heavy (non-hydrogen) atoms. The molecule has 4 rings (SSSR count). The number of fused-ring (bicyclic) bond motifs is 1. The van der Waals surface area contributed by atoms with Gasteiger partial charge >= 0.3 is 11.9 Å². The fourth-order valence-corrected chi connectivity index (χ4v) is 2.61. The molecule has 1 saturated carbocycles. The lowest BCUT2D eigenvalue weighted by atomic mass is 9.99. The van der Waals surface area contributed by atoms with Gasteiger partial charge in [-0.3, -0.25) is 4.79 Å². The molecular weight excluding hydrogens is 339 g/mol. The van der Waals surface area contributed by atoms with E-state index in [1.165, 1.54) is 24.6 Å². The molecule has 1 aromatic heterocycles. The Balaban J connectivity index is 1.54. The highest BCUT2D eigenvalue weighted by molar-refractivity contribution is 5.93. The maximum atomic E-state index is 14.5. The maximum absolute atomic E-state index is 14.5. The van der Waals surface area contributed by atoms with Crippen molar-refractivity contribution in [2.24, 2.45) is 5.92 Å². The second kappa shape index (κ2) is 6.52. The zero-order valence-electron chi connectivity index (χ0n) is 13.6. The van der Waals surface area contributed by atoms with Gasteiger partial charge in [-0.2, -0.15) is 0 Å². The van der Waals surface area contributed by atoms with Gasteiger partial charge in [0.1, 0.15) is 18.1 Å². The van der Waals surface area contributed by atoms with Crippen molar-refractivity contribution in [3.05, 3.63) is 47.4 Å². The van der Waals surface area contributed by atoms with Gasteiger partial charge in [-0.15, -0.1) is 0 Å². The Morgan fingerprint density at radius 2 is 2.23 bits per heavy atom. The van der Waals surface area contributed by atoms with Gasteiger partial charge in [0, 0.05) is 29.3 Å². The van der Waals surface area contributed by atoms with E-state index in [4.69, 9.17) is 4.42 Å². The quantitative estimate of drug-likeness (QED) is 0.737. The van der Waals surface area contributed by atoms with E-state index in [0.29, 0.717) is 17.2 Å². The van der Waals surface area contributed by atoms with E-state index < -0.39 is 23.8 Å². The average molecular weight is 354 g/mol. The van der Waals surface area contributed by atoms with Gasteiger partial charge in [0.15, 0.2) is 0 Å². The number of hydrogen-bond acceptors (Lipinski definition) is 4. The molecule has 0 radical (unpaired) electrons. The molecule has 132 valence electrons. The lowest BCUT2D eigenvalue weighted by Gasteiger charge is -2.24. The van der Waals surface area contributed by atoms with Gasteiger partial charge in [-0.25, -0.2) is 14.2 Å². The number of nitrogens with one attached hydrogen (secondary N) is 3. The molecule has 1 fully saturated rings. The molecule has 1 unspecified atom stereocenters. The molecule has 0 saturated heterocycles. The van der Waals surface area contributed by atoms with Crippen LogP contribution in [0, 0.1) is 23.6 Å². The molecule has 7 nitrogen and oxygen atoms in total. The Hall–Kier alpha value is -3.34. The van der Waals surface area contributed by atoms with Crippen molar-refractivity contribution >= 4 is 17.6 Å². The summed E-state index contributed by atoms with van der Waals surface area (Å²) in [5, 5.41) is 7.87. The van der Waals surface area contributed by atoms with E-state index in [0.717, 1.165) is 12.8 Å². The first kappa shape index (κ1) is 16.1. The van der Waals surface area contributed by atoms with Crippen molar-refractivity contribution < 1.29 is 18.4 Å². The summed E-state index contributed by atoms with van der Waals surface area (Å²) in [4.78, 5) is 27.4. The summed E-state index contributed by atoms with van der Waals surface area (Å²) in [6, 6.07) is 1.89. The molecule has 2 aliphatic rings. The van der Waals surface area contributed by atoms with Gasteiger partial charge < -0.3 is 20.4 Å². The van der Waals surface area contributed by atoms with Gasteiger partial charge in [-0.1, -0.05) is 11.8 Å². The zero-order valence-corrected chi connectivity index (χ0v) is 13.6. The number of anilines is 1. The molecule has 2 aromatic rings. The monoisotopic (exact) mass is 354 g/mol. The largest absolute Gasteiger partial charge is 0.441 e. The van der Waals surface area contributed by atoms with E-state index in [-0.39, 0.29) is 18.0 Å². The summed E-state index contributed by atoms with van der Waals surface area (Å²) in [7, 11) is 0. The molecule has 1 aliphatic heterocycles. The summed E-state index contributed by atoms with van der Waals surface area (Å²) >= 11 is 0. The molecule has 1 aliphatic carbocycles. The SMILES string of the molecule is O=C1Nc2cc(CNC(=O)c3ncco3)c(F)cc2C(C#CC2CC2)N1. The highest BCUT2D eigenvalue weighted by Gasteiger charge is 2.26. The number of halogens is 1. The summed E-state index contributed by atoms with van der Waals surface area (Å²) in [5.41, 5.74) is 1.28. The van der Waals surface area contributed by atoms with E-state index in [1.807, 2.05) is 0 Å². The van der Waals surface area contributed by atoms with Crippen molar-refractivity contribution in [3.8, 4) is 11.8 Å². The zero-order chi connectivity index (χ0) is 18.1. The number of amides is 3. The lowest BCUT2D eigenvalue weighted by Crippen LogP contribution is -2.37. The maximum Gasteiger partial charge on any atom is 0.320 e.